The van der Waals surface area contributed by atoms with Crippen molar-refractivity contribution in [1.29, 1.82) is 0 Å². The van der Waals surface area contributed by atoms with Gasteiger partial charge in [0.1, 0.15) is 17.0 Å². The first-order chi connectivity index (χ1) is 15.4. The van der Waals surface area contributed by atoms with Gasteiger partial charge in [0, 0.05) is 29.6 Å². The molecule has 2 N–H and O–H groups in total. The van der Waals surface area contributed by atoms with Gasteiger partial charge in [-0.2, -0.15) is 0 Å². The number of ether oxygens (including phenoxy) is 1. The number of aromatic nitrogens is 1. The fourth-order valence-corrected chi connectivity index (χ4v) is 3.66. The van der Waals surface area contributed by atoms with Gasteiger partial charge in [-0.15, -0.1) is 0 Å². The van der Waals surface area contributed by atoms with Crippen molar-refractivity contribution in [3.05, 3.63) is 87.7 Å². The number of methoxy groups -OCH3 is 1. The zero-order valence-corrected chi connectivity index (χ0v) is 17.9. The number of para-hydroxylation sites is 1. The molecular weight excluding hydrogens is 408 g/mol. The molecule has 2 aromatic carbocycles. The van der Waals surface area contributed by atoms with Gasteiger partial charge < -0.3 is 19.6 Å². The highest BCUT2D eigenvalue weighted by molar-refractivity contribution is 5.94. The molecule has 0 radical (unpaired) electrons. The minimum absolute atomic E-state index is 0.166. The second kappa shape index (κ2) is 8.55. The van der Waals surface area contributed by atoms with Crippen molar-refractivity contribution in [3.63, 3.8) is 0 Å². The van der Waals surface area contributed by atoms with Gasteiger partial charge in [-0.1, -0.05) is 18.2 Å². The quantitative estimate of drug-likeness (QED) is 0.442. The Morgan fingerprint density at radius 1 is 1.16 bits per heavy atom. The third-order valence-corrected chi connectivity index (χ3v) is 5.22. The molecule has 0 saturated heterocycles. The highest BCUT2D eigenvalue weighted by atomic mass is 16.5. The van der Waals surface area contributed by atoms with Gasteiger partial charge in [0.15, 0.2) is 11.2 Å². The first-order valence-corrected chi connectivity index (χ1v) is 10.0. The van der Waals surface area contributed by atoms with Gasteiger partial charge in [0.05, 0.1) is 24.1 Å². The summed E-state index contributed by atoms with van der Waals surface area (Å²) >= 11 is 0. The van der Waals surface area contributed by atoms with Crippen molar-refractivity contribution < 1.29 is 19.1 Å². The number of hydrogen-bond donors (Lipinski definition) is 2. The van der Waals surface area contributed by atoms with E-state index in [2.05, 4.69) is 10.3 Å². The lowest BCUT2D eigenvalue weighted by atomic mass is 10.0. The molecule has 0 saturated carbocycles. The lowest BCUT2D eigenvalue weighted by Gasteiger charge is -2.19. The van der Waals surface area contributed by atoms with Gasteiger partial charge in [-0.3, -0.25) is 9.78 Å². The molecule has 7 heteroatoms. The Kier molecular flexibility index (Phi) is 5.64. The van der Waals surface area contributed by atoms with Crippen LogP contribution in [-0.4, -0.2) is 23.2 Å². The van der Waals surface area contributed by atoms with E-state index in [1.807, 2.05) is 19.9 Å². The first kappa shape index (κ1) is 21.1. The number of nitrogens with zero attached hydrogens (tertiary/aromatic N) is 1. The maximum Gasteiger partial charge on any atom is 0.337 e. The molecule has 2 heterocycles. The van der Waals surface area contributed by atoms with E-state index in [1.165, 1.54) is 6.07 Å². The van der Waals surface area contributed by atoms with E-state index in [0.717, 1.165) is 11.1 Å². The van der Waals surface area contributed by atoms with Crippen LogP contribution in [0.3, 0.4) is 0 Å². The van der Waals surface area contributed by atoms with Crippen LogP contribution in [0, 0.1) is 6.92 Å². The summed E-state index contributed by atoms with van der Waals surface area (Å²) in [5, 5.41) is 13.2. The summed E-state index contributed by atoms with van der Waals surface area (Å²) in [6, 6.07) is 14.9. The Hall–Kier alpha value is -4.13. The molecule has 0 amide bonds. The van der Waals surface area contributed by atoms with E-state index in [1.54, 1.807) is 55.8 Å². The average molecular weight is 430 g/mol. The third-order valence-electron chi connectivity index (χ3n) is 5.22. The largest absolute Gasteiger partial charge is 0.497 e. The molecule has 0 aliphatic rings. The topological polar surface area (TPSA) is 102 Å². The van der Waals surface area contributed by atoms with Crippen LogP contribution in [0.15, 0.2) is 70.0 Å². The molecular formula is C25H22N2O5. The van der Waals surface area contributed by atoms with E-state index in [9.17, 15) is 14.7 Å². The number of nitrogens with one attached hydrogen (secondary N) is 1. The fourth-order valence-electron chi connectivity index (χ4n) is 3.66. The number of carbonyl (C=O) groups is 1. The molecule has 7 nitrogen and oxygen atoms in total. The molecule has 0 fully saturated rings. The number of aryl methyl sites for hydroxylation is 1. The second-order valence-electron chi connectivity index (χ2n) is 7.50. The third kappa shape index (κ3) is 4.05. The van der Waals surface area contributed by atoms with Crippen molar-refractivity contribution in [2.45, 2.75) is 19.9 Å². The van der Waals surface area contributed by atoms with E-state index in [0.29, 0.717) is 33.9 Å². The van der Waals surface area contributed by atoms with Crippen molar-refractivity contribution in [1.82, 2.24) is 4.98 Å². The molecule has 0 aliphatic heterocycles. The lowest BCUT2D eigenvalue weighted by molar-refractivity contribution is 0.0698. The van der Waals surface area contributed by atoms with Gasteiger partial charge in [-0.25, -0.2) is 4.79 Å². The van der Waals surface area contributed by atoms with E-state index in [-0.39, 0.29) is 17.0 Å². The lowest BCUT2D eigenvalue weighted by Crippen LogP contribution is -2.12. The number of fused-ring (bicyclic) bond motifs is 1. The molecule has 4 aromatic rings. The summed E-state index contributed by atoms with van der Waals surface area (Å²) in [6.45, 7) is 3.79. The van der Waals surface area contributed by atoms with Crippen LogP contribution in [0.4, 0.5) is 5.69 Å². The predicted molar refractivity (Wildman–Crippen MR) is 122 cm³/mol. The highest BCUT2D eigenvalue weighted by Gasteiger charge is 2.18. The highest BCUT2D eigenvalue weighted by Crippen LogP contribution is 2.31. The number of hydrogen-bond acceptors (Lipinski definition) is 6. The Labute approximate surface area is 184 Å². The van der Waals surface area contributed by atoms with Crippen LogP contribution in [-0.2, 0) is 0 Å². The molecule has 1 unspecified atom stereocenters. The Morgan fingerprint density at radius 2 is 1.94 bits per heavy atom. The average Bonchev–Trinajstić information content (AvgIpc) is 2.79. The molecule has 0 aliphatic carbocycles. The zero-order chi connectivity index (χ0) is 22.8. The number of pyridine rings is 1. The van der Waals surface area contributed by atoms with Crippen molar-refractivity contribution in [2.75, 3.05) is 12.4 Å². The Balaban J connectivity index is 1.85. The smallest absolute Gasteiger partial charge is 0.337 e. The molecule has 4 rings (SSSR count). The summed E-state index contributed by atoms with van der Waals surface area (Å²) in [7, 11) is 1.55. The summed E-state index contributed by atoms with van der Waals surface area (Å²) in [4.78, 5) is 28.8. The van der Waals surface area contributed by atoms with E-state index in [4.69, 9.17) is 9.15 Å². The normalized spacial score (nSPS) is 11.8. The maximum atomic E-state index is 12.9. The van der Waals surface area contributed by atoms with E-state index >= 15 is 0 Å². The summed E-state index contributed by atoms with van der Waals surface area (Å²) in [5.74, 6) is -0.0980. The molecule has 162 valence electrons. The van der Waals surface area contributed by atoms with Crippen LogP contribution in [0.25, 0.3) is 22.4 Å². The minimum Gasteiger partial charge on any atom is -0.497 e. The fraction of sp³-hybridized carbons (Fsp3) is 0.160. The number of anilines is 1. The van der Waals surface area contributed by atoms with Crippen molar-refractivity contribution in [3.8, 4) is 17.2 Å². The second-order valence-corrected chi connectivity index (χ2v) is 7.50. The monoisotopic (exact) mass is 430 g/mol. The molecule has 1 atom stereocenters. The summed E-state index contributed by atoms with van der Waals surface area (Å²) < 4.78 is 11.4. The van der Waals surface area contributed by atoms with Crippen LogP contribution >= 0.6 is 0 Å². The molecule has 2 aromatic heterocycles. The predicted octanol–water partition coefficient (Wildman–Crippen LogP) is 5.04. The van der Waals surface area contributed by atoms with Gasteiger partial charge in [0.25, 0.3) is 0 Å². The Bertz CT molecular complexity index is 1380. The van der Waals surface area contributed by atoms with Crippen molar-refractivity contribution in [2.24, 2.45) is 0 Å². The Morgan fingerprint density at radius 3 is 2.69 bits per heavy atom. The number of aromatic carboxylic acids is 1. The maximum absolute atomic E-state index is 12.9. The molecule has 0 bridgehead atoms. The van der Waals surface area contributed by atoms with Gasteiger partial charge in [0.2, 0.25) is 0 Å². The number of benzene rings is 2. The first-order valence-electron chi connectivity index (χ1n) is 10.0. The van der Waals surface area contributed by atoms with Crippen molar-refractivity contribution >= 4 is 22.6 Å². The summed E-state index contributed by atoms with van der Waals surface area (Å²) in [5.41, 5.74) is 3.00. The SMILES string of the molecule is COc1ccnc(-c2cc(=O)c3cc(C)cc(C(C)Nc4ccccc4C(=O)O)c3o2)c1. The number of rotatable bonds is 6. The standard InChI is InChI=1S/C25H22N2O5/c1-14-10-18(15(2)27-20-7-5-4-6-17(20)25(29)30)24-19(11-14)22(28)13-23(32-24)21-12-16(31-3)8-9-26-21/h4-13,15,27H,1-3H3,(H,29,30). The molecule has 32 heavy (non-hydrogen) atoms. The zero-order valence-electron chi connectivity index (χ0n) is 17.9. The summed E-state index contributed by atoms with van der Waals surface area (Å²) in [6.07, 6.45) is 1.58. The van der Waals surface area contributed by atoms with Gasteiger partial charge >= 0.3 is 5.97 Å². The van der Waals surface area contributed by atoms with Crippen LogP contribution < -0.4 is 15.5 Å². The molecule has 0 spiro atoms. The number of carboxylic acid groups (broad SMARTS) is 1. The van der Waals surface area contributed by atoms with Crippen LogP contribution in [0.5, 0.6) is 5.75 Å². The van der Waals surface area contributed by atoms with Crippen LogP contribution in [0.2, 0.25) is 0 Å². The number of carboxylic acids is 1. The van der Waals surface area contributed by atoms with Gasteiger partial charge in [-0.05, 0) is 43.7 Å². The van der Waals surface area contributed by atoms with Crippen LogP contribution in [0.1, 0.15) is 34.5 Å². The minimum atomic E-state index is -1.02. The van der Waals surface area contributed by atoms with E-state index < -0.39 is 5.97 Å².